The fraction of sp³-hybridized carbons (Fsp3) is 0.567. The quantitative estimate of drug-likeness (QED) is 0.389. The molecule has 2 aliphatic rings. The Morgan fingerprint density at radius 2 is 1.91 bits per heavy atom. The highest BCUT2D eigenvalue weighted by Crippen LogP contribution is 2.46. The molecule has 1 saturated heterocycles. The Labute approximate surface area is 214 Å². The number of fused-ring (bicyclic) bond motifs is 3. The van der Waals surface area contributed by atoms with Crippen LogP contribution in [-0.2, 0) is 4.79 Å². The summed E-state index contributed by atoms with van der Waals surface area (Å²) >= 11 is 1.81. The van der Waals surface area contributed by atoms with E-state index in [0.717, 1.165) is 25.3 Å². The van der Waals surface area contributed by atoms with Gasteiger partial charge in [0.25, 0.3) is 0 Å². The Morgan fingerprint density at radius 3 is 2.44 bits per heavy atom. The van der Waals surface area contributed by atoms with E-state index < -0.39 is 0 Å². The molecule has 3 nitrogen and oxygen atoms in total. The Bertz CT molecular complexity index is 784. The summed E-state index contributed by atoms with van der Waals surface area (Å²) in [5.74, 6) is 3.27. The van der Waals surface area contributed by atoms with Gasteiger partial charge in [0.2, 0.25) is 0 Å². The molecule has 4 heteroatoms. The third-order valence-corrected chi connectivity index (χ3v) is 7.67. The maximum atomic E-state index is 11.3. The first-order valence-electron chi connectivity index (χ1n) is 13.0. The van der Waals surface area contributed by atoms with Gasteiger partial charge < -0.3 is 5.73 Å². The molecule has 0 aromatic heterocycles. The number of nitrogens with two attached hydrogens (primary N) is 1. The van der Waals surface area contributed by atoms with Gasteiger partial charge >= 0.3 is 0 Å². The number of hydrogen-bond acceptors (Lipinski definition) is 4. The number of piperidine rings is 1. The summed E-state index contributed by atoms with van der Waals surface area (Å²) in [5, 5.41) is 0. The van der Waals surface area contributed by atoms with Crippen LogP contribution in [0, 0.1) is 5.92 Å². The molecule has 1 aromatic rings. The van der Waals surface area contributed by atoms with Crippen molar-refractivity contribution in [2.24, 2.45) is 11.7 Å². The minimum Gasteiger partial charge on any atom is -0.404 e. The molecule has 2 N–H and O–H groups in total. The average Bonchev–Trinajstić information content (AvgIpc) is 2.84. The zero-order valence-electron chi connectivity index (χ0n) is 22.3. The molecule has 3 unspecified atom stereocenters. The second-order valence-electron chi connectivity index (χ2n) is 9.23. The van der Waals surface area contributed by atoms with Gasteiger partial charge in [-0.2, -0.15) is 11.8 Å². The first-order valence-corrected chi connectivity index (χ1v) is 14.2. The van der Waals surface area contributed by atoms with Crippen molar-refractivity contribution in [2.45, 2.75) is 78.7 Å². The molecule has 0 saturated carbocycles. The van der Waals surface area contributed by atoms with Crippen LogP contribution < -0.4 is 5.73 Å². The van der Waals surface area contributed by atoms with Gasteiger partial charge in [0.1, 0.15) is 5.78 Å². The molecule has 0 radical (unpaired) electrons. The number of likely N-dealkylation sites (tertiary alicyclic amines) is 1. The molecule has 0 spiro atoms. The summed E-state index contributed by atoms with van der Waals surface area (Å²) in [6.07, 6.45) is 13.5. The summed E-state index contributed by atoms with van der Waals surface area (Å²) in [4.78, 5) is 14.0. The maximum absolute atomic E-state index is 11.3. The van der Waals surface area contributed by atoms with Gasteiger partial charge in [-0.15, -0.1) is 0 Å². The number of nitrogens with zero attached hydrogens (tertiary/aromatic N) is 1. The normalized spacial score (nSPS) is 22.6. The number of benzene rings is 1. The van der Waals surface area contributed by atoms with E-state index in [0.29, 0.717) is 23.6 Å². The van der Waals surface area contributed by atoms with Crippen molar-refractivity contribution in [2.75, 3.05) is 24.6 Å². The summed E-state index contributed by atoms with van der Waals surface area (Å²) in [6, 6.07) is 9.37. The number of thioether (sulfide) groups is 1. The van der Waals surface area contributed by atoms with Gasteiger partial charge in [0.15, 0.2) is 0 Å². The fourth-order valence-corrected chi connectivity index (χ4v) is 5.67. The Morgan fingerprint density at radius 1 is 1.21 bits per heavy atom. The van der Waals surface area contributed by atoms with Gasteiger partial charge in [0, 0.05) is 18.5 Å². The number of rotatable bonds is 8. The lowest BCUT2D eigenvalue weighted by Crippen LogP contribution is -2.50. The predicted octanol–water partition coefficient (Wildman–Crippen LogP) is 7.45. The first kappa shape index (κ1) is 30.3. The van der Waals surface area contributed by atoms with E-state index in [1.807, 2.05) is 25.3 Å². The van der Waals surface area contributed by atoms with Gasteiger partial charge in [-0.05, 0) is 74.2 Å². The number of unbranched alkanes of at least 4 members (excludes halogenated alkanes) is 1. The fourth-order valence-electron chi connectivity index (χ4n) is 4.69. The monoisotopic (exact) mass is 484 g/mol. The highest BCUT2D eigenvalue weighted by atomic mass is 32.2. The van der Waals surface area contributed by atoms with Crippen LogP contribution in [0.1, 0.15) is 83.8 Å². The lowest BCUT2D eigenvalue weighted by atomic mass is 9.70. The van der Waals surface area contributed by atoms with Crippen LogP contribution in [0.4, 0.5) is 0 Å². The van der Waals surface area contributed by atoms with E-state index in [1.165, 1.54) is 42.4 Å². The molecule has 1 aromatic carbocycles. The largest absolute Gasteiger partial charge is 0.404 e. The lowest BCUT2D eigenvalue weighted by molar-refractivity contribution is -0.114. The molecule has 1 fully saturated rings. The molecule has 34 heavy (non-hydrogen) atoms. The van der Waals surface area contributed by atoms with E-state index >= 15 is 0 Å². The summed E-state index contributed by atoms with van der Waals surface area (Å²) in [6.45, 7) is 16.0. The topological polar surface area (TPSA) is 46.3 Å². The molecule has 190 valence electrons. The minimum absolute atomic E-state index is 0.282. The van der Waals surface area contributed by atoms with Gasteiger partial charge in [-0.3, -0.25) is 9.69 Å². The number of carbonyl (C=O) groups is 1. The first-order chi connectivity index (χ1) is 16.5. The Balaban J connectivity index is 0.000000550. The molecule has 1 aliphatic carbocycles. The smallest absolute Gasteiger partial charge is 0.139 e. The van der Waals surface area contributed by atoms with Crippen LogP contribution in [0.2, 0.25) is 0 Å². The molecule has 3 atom stereocenters. The Kier molecular flexibility index (Phi) is 15.7. The SMILES string of the molecule is C=C/C=C\C.CCCC.CCCN1CC(CSCC(C)=O)CC2c3ccccc3/C(=C\N)CC21. The van der Waals surface area contributed by atoms with E-state index in [2.05, 4.69) is 56.5 Å². The van der Waals surface area contributed by atoms with Crippen molar-refractivity contribution in [3.8, 4) is 0 Å². The van der Waals surface area contributed by atoms with Crippen LogP contribution in [0.25, 0.3) is 5.57 Å². The van der Waals surface area contributed by atoms with Crippen LogP contribution in [0.15, 0.2) is 55.3 Å². The van der Waals surface area contributed by atoms with Gasteiger partial charge in [0.05, 0.1) is 5.75 Å². The maximum Gasteiger partial charge on any atom is 0.139 e. The predicted molar refractivity (Wildman–Crippen MR) is 153 cm³/mol. The van der Waals surface area contributed by atoms with Crippen molar-refractivity contribution < 1.29 is 4.79 Å². The minimum atomic E-state index is 0.282. The highest BCUT2D eigenvalue weighted by molar-refractivity contribution is 7.99. The lowest BCUT2D eigenvalue weighted by Gasteiger charge is -2.48. The zero-order valence-corrected chi connectivity index (χ0v) is 23.1. The molecule has 0 bridgehead atoms. The highest BCUT2D eigenvalue weighted by Gasteiger charge is 2.40. The Hall–Kier alpha value is -1.78. The average molecular weight is 485 g/mol. The van der Waals surface area contributed by atoms with E-state index in [4.69, 9.17) is 5.73 Å². The number of carbonyl (C=O) groups excluding carboxylic acids is 1. The van der Waals surface area contributed by atoms with Crippen molar-refractivity contribution >= 4 is 23.1 Å². The molecule has 1 aliphatic heterocycles. The number of ketones is 1. The summed E-state index contributed by atoms with van der Waals surface area (Å²) in [5.41, 5.74) is 10.1. The third-order valence-electron chi connectivity index (χ3n) is 6.35. The molecular weight excluding hydrogens is 436 g/mol. The van der Waals surface area contributed by atoms with E-state index in [9.17, 15) is 4.79 Å². The molecule has 0 amide bonds. The van der Waals surface area contributed by atoms with Crippen molar-refractivity contribution in [1.82, 2.24) is 4.90 Å². The van der Waals surface area contributed by atoms with Gasteiger partial charge in [-0.1, -0.05) is 82.7 Å². The molecule has 1 heterocycles. The molecule has 3 rings (SSSR count). The van der Waals surface area contributed by atoms with E-state index in [1.54, 1.807) is 24.8 Å². The number of hydrogen-bond donors (Lipinski definition) is 1. The standard InChI is InChI=1S/C21H30N2OS.C5H8.C4H10/c1-3-8-23-12-16(14-25-13-15(2)24)9-20-19-7-5-4-6-18(19)17(11-22)10-21(20)23;1-3-5-4-2;1-3-4-2/h4-7,11,16,20-21H,3,8-10,12-14,22H2,1-2H3;3-5H,1H2,2H3;3-4H2,1-2H3/b17-11-;5-4-;. The number of Topliss-reactive ketones (excluding diaryl/α,β-unsaturated/α-hetero) is 1. The molecular formula is C30H48N2OS. The number of allylic oxidation sites excluding steroid dienone is 3. The second-order valence-corrected chi connectivity index (χ2v) is 10.3. The van der Waals surface area contributed by atoms with Crippen LogP contribution in [0.5, 0.6) is 0 Å². The van der Waals surface area contributed by atoms with E-state index in [-0.39, 0.29) is 5.78 Å². The summed E-state index contributed by atoms with van der Waals surface area (Å²) in [7, 11) is 0. The van der Waals surface area contributed by atoms with Gasteiger partial charge in [-0.25, -0.2) is 0 Å². The zero-order chi connectivity index (χ0) is 25.3. The van der Waals surface area contributed by atoms with Crippen molar-refractivity contribution in [3.05, 3.63) is 66.4 Å². The van der Waals surface area contributed by atoms with Crippen molar-refractivity contribution in [1.29, 1.82) is 0 Å². The van der Waals surface area contributed by atoms with Crippen molar-refractivity contribution in [3.63, 3.8) is 0 Å². The summed E-state index contributed by atoms with van der Waals surface area (Å²) < 4.78 is 0. The third kappa shape index (κ3) is 9.84. The van der Waals surface area contributed by atoms with Crippen LogP contribution in [0.3, 0.4) is 0 Å². The second kappa shape index (κ2) is 17.6. The van der Waals surface area contributed by atoms with Crippen LogP contribution >= 0.6 is 11.8 Å². The van der Waals surface area contributed by atoms with Crippen LogP contribution in [-0.4, -0.2) is 41.3 Å².